The molecule has 0 saturated heterocycles. The molecule has 0 amide bonds. The van der Waals surface area contributed by atoms with Crippen molar-refractivity contribution in [1.82, 2.24) is 4.90 Å². The summed E-state index contributed by atoms with van der Waals surface area (Å²) in [6.45, 7) is 9.04. The van der Waals surface area contributed by atoms with Gasteiger partial charge in [-0.3, -0.25) is 0 Å². The van der Waals surface area contributed by atoms with E-state index >= 15 is 0 Å². The number of likely N-dealkylation sites (N-methyl/N-ethyl adjacent to an activating group) is 1. The molecular weight excluding hydrogens is 196 g/mol. The van der Waals surface area contributed by atoms with E-state index in [9.17, 15) is 0 Å². The first-order chi connectivity index (χ1) is 7.37. The topological polar surface area (TPSA) is 29.3 Å². The van der Waals surface area contributed by atoms with Gasteiger partial charge in [0.05, 0.1) is 0 Å². The summed E-state index contributed by atoms with van der Waals surface area (Å²) in [7, 11) is 2.18. The molecule has 1 rings (SSSR count). The molecule has 2 N–H and O–H groups in total. The number of hydrogen-bond donors (Lipinski definition) is 1. The van der Waals surface area contributed by atoms with Gasteiger partial charge in [0.2, 0.25) is 0 Å². The third-order valence-corrected chi connectivity index (χ3v) is 2.51. The van der Waals surface area contributed by atoms with E-state index in [2.05, 4.69) is 44.9 Å². The lowest BCUT2D eigenvalue weighted by Gasteiger charge is -2.26. The third kappa shape index (κ3) is 5.17. The first-order valence-electron chi connectivity index (χ1n) is 5.90. The van der Waals surface area contributed by atoms with Crippen LogP contribution >= 0.6 is 0 Å². The number of anilines is 1. The largest absolute Gasteiger partial charge is 0.399 e. The van der Waals surface area contributed by atoms with Crippen molar-refractivity contribution in [3.05, 3.63) is 29.8 Å². The van der Waals surface area contributed by atoms with Crippen LogP contribution in [0.5, 0.6) is 0 Å². The van der Waals surface area contributed by atoms with E-state index in [1.165, 1.54) is 5.56 Å². The predicted molar refractivity (Wildman–Crippen MR) is 71.5 cm³/mol. The summed E-state index contributed by atoms with van der Waals surface area (Å²) in [6, 6.07) is 8.17. The minimum Gasteiger partial charge on any atom is -0.399 e. The van der Waals surface area contributed by atoms with Crippen molar-refractivity contribution in [2.75, 3.05) is 25.9 Å². The lowest BCUT2D eigenvalue weighted by atomic mass is 9.96. The van der Waals surface area contributed by atoms with Gasteiger partial charge in [-0.05, 0) is 36.6 Å². The molecule has 1 aromatic carbocycles. The monoisotopic (exact) mass is 220 g/mol. The van der Waals surface area contributed by atoms with Crippen LogP contribution in [0.15, 0.2) is 24.3 Å². The first-order valence-corrected chi connectivity index (χ1v) is 5.90. The summed E-state index contributed by atoms with van der Waals surface area (Å²) >= 11 is 0. The van der Waals surface area contributed by atoms with Gasteiger partial charge < -0.3 is 10.6 Å². The lowest BCUT2D eigenvalue weighted by molar-refractivity contribution is 0.229. The molecule has 0 bridgehead atoms. The second kappa shape index (κ2) is 5.35. The molecule has 0 aliphatic rings. The van der Waals surface area contributed by atoms with E-state index in [0.717, 1.165) is 25.2 Å². The molecule has 0 spiro atoms. The smallest absolute Gasteiger partial charge is 0.0314 e. The molecule has 0 atom stereocenters. The van der Waals surface area contributed by atoms with Crippen LogP contribution in [0.4, 0.5) is 5.69 Å². The predicted octanol–water partition coefficient (Wildman–Crippen LogP) is 2.79. The Hall–Kier alpha value is -1.02. The molecule has 2 heteroatoms. The average molecular weight is 220 g/mol. The molecule has 2 nitrogen and oxygen atoms in total. The minimum absolute atomic E-state index is 0.371. The lowest BCUT2D eigenvalue weighted by Crippen LogP contribution is -2.30. The summed E-state index contributed by atoms with van der Waals surface area (Å²) in [5.41, 5.74) is 8.22. The van der Waals surface area contributed by atoms with Crippen molar-refractivity contribution in [3.8, 4) is 0 Å². The highest BCUT2D eigenvalue weighted by molar-refractivity contribution is 5.39. The minimum atomic E-state index is 0.371. The summed E-state index contributed by atoms with van der Waals surface area (Å²) in [5.74, 6) is 0. The Morgan fingerprint density at radius 2 is 1.69 bits per heavy atom. The Bertz CT molecular complexity index is 309. The van der Waals surface area contributed by atoms with Gasteiger partial charge in [-0.2, -0.15) is 0 Å². The van der Waals surface area contributed by atoms with E-state index in [1.54, 1.807) is 0 Å². The SMILES string of the molecule is CN(CCc1ccc(N)cc1)CC(C)(C)C. The van der Waals surface area contributed by atoms with Gasteiger partial charge >= 0.3 is 0 Å². The molecule has 0 unspecified atom stereocenters. The number of nitrogens with two attached hydrogens (primary N) is 1. The Morgan fingerprint density at radius 1 is 1.12 bits per heavy atom. The summed E-state index contributed by atoms with van der Waals surface area (Å²) in [5, 5.41) is 0. The number of rotatable bonds is 4. The normalized spacial score (nSPS) is 12.1. The number of nitrogens with zero attached hydrogens (tertiary/aromatic N) is 1. The number of benzene rings is 1. The van der Waals surface area contributed by atoms with Crippen molar-refractivity contribution in [2.24, 2.45) is 5.41 Å². The Kier molecular flexibility index (Phi) is 4.36. The van der Waals surface area contributed by atoms with E-state index < -0.39 is 0 Å². The highest BCUT2D eigenvalue weighted by Crippen LogP contribution is 2.14. The van der Waals surface area contributed by atoms with Crippen molar-refractivity contribution in [1.29, 1.82) is 0 Å². The molecular formula is C14H24N2. The zero-order valence-corrected chi connectivity index (χ0v) is 11.0. The molecule has 0 saturated carbocycles. The van der Waals surface area contributed by atoms with Crippen LogP contribution in [0.2, 0.25) is 0 Å². The Morgan fingerprint density at radius 3 is 2.19 bits per heavy atom. The quantitative estimate of drug-likeness (QED) is 0.791. The Labute approximate surface area is 99.5 Å². The van der Waals surface area contributed by atoms with Crippen LogP contribution in [-0.4, -0.2) is 25.0 Å². The van der Waals surface area contributed by atoms with E-state index in [4.69, 9.17) is 5.73 Å². The fourth-order valence-corrected chi connectivity index (χ4v) is 1.89. The zero-order chi connectivity index (χ0) is 12.2. The van der Waals surface area contributed by atoms with Crippen LogP contribution in [0.1, 0.15) is 26.3 Å². The highest BCUT2D eigenvalue weighted by Gasteiger charge is 2.12. The molecule has 16 heavy (non-hydrogen) atoms. The van der Waals surface area contributed by atoms with E-state index in [-0.39, 0.29) is 0 Å². The molecule has 0 heterocycles. The van der Waals surface area contributed by atoms with Gasteiger partial charge in [-0.25, -0.2) is 0 Å². The highest BCUT2D eigenvalue weighted by atomic mass is 15.1. The third-order valence-electron chi connectivity index (χ3n) is 2.51. The fraction of sp³-hybridized carbons (Fsp3) is 0.571. The molecule has 90 valence electrons. The molecule has 0 fully saturated rings. The van der Waals surface area contributed by atoms with E-state index in [0.29, 0.717) is 5.41 Å². The molecule has 0 aliphatic heterocycles. The molecule has 0 aliphatic carbocycles. The van der Waals surface area contributed by atoms with Crippen molar-refractivity contribution < 1.29 is 0 Å². The maximum Gasteiger partial charge on any atom is 0.0314 e. The molecule has 1 aromatic rings. The van der Waals surface area contributed by atoms with Crippen molar-refractivity contribution in [2.45, 2.75) is 27.2 Å². The molecule has 0 aromatic heterocycles. The van der Waals surface area contributed by atoms with Gasteiger partial charge in [0.25, 0.3) is 0 Å². The Balaban J connectivity index is 2.37. The standard InChI is InChI=1S/C14H24N2/c1-14(2,3)11-16(4)10-9-12-5-7-13(15)8-6-12/h5-8H,9-11,15H2,1-4H3. The van der Waals surface area contributed by atoms with Crippen LogP contribution < -0.4 is 5.73 Å². The maximum atomic E-state index is 5.66. The van der Waals surface area contributed by atoms with Crippen LogP contribution in [0.25, 0.3) is 0 Å². The fourth-order valence-electron chi connectivity index (χ4n) is 1.89. The van der Waals surface area contributed by atoms with Gasteiger partial charge in [-0.15, -0.1) is 0 Å². The summed E-state index contributed by atoms with van der Waals surface area (Å²) in [6.07, 6.45) is 1.09. The van der Waals surface area contributed by atoms with Gasteiger partial charge in [0, 0.05) is 18.8 Å². The second-order valence-corrected chi connectivity index (χ2v) is 5.79. The second-order valence-electron chi connectivity index (χ2n) is 5.79. The van der Waals surface area contributed by atoms with Crippen LogP contribution in [-0.2, 0) is 6.42 Å². The zero-order valence-electron chi connectivity index (χ0n) is 11.0. The van der Waals surface area contributed by atoms with Gasteiger partial charge in [0.1, 0.15) is 0 Å². The first kappa shape index (κ1) is 13.0. The maximum absolute atomic E-state index is 5.66. The number of hydrogen-bond acceptors (Lipinski definition) is 2. The van der Waals surface area contributed by atoms with E-state index in [1.807, 2.05) is 12.1 Å². The van der Waals surface area contributed by atoms with Gasteiger partial charge in [-0.1, -0.05) is 32.9 Å². The van der Waals surface area contributed by atoms with Crippen molar-refractivity contribution >= 4 is 5.69 Å². The number of nitrogen functional groups attached to an aromatic ring is 1. The van der Waals surface area contributed by atoms with Crippen molar-refractivity contribution in [3.63, 3.8) is 0 Å². The molecule has 0 radical (unpaired) electrons. The van der Waals surface area contributed by atoms with Crippen LogP contribution in [0.3, 0.4) is 0 Å². The average Bonchev–Trinajstić information content (AvgIpc) is 2.14. The van der Waals surface area contributed by atoms with Gasteiger partial charge in [0.15, 0.2) is 0 Å². The summed E-state index contributed by atoms with van der Waals surface area (Å²) in [4.78, 5) is 2.39. The summed E-state index contributed by atoms with van der Waals surface area (Å²) < 4.78 is 0. The van der Waals surface area contributed by atoms with Crippen LogP contribution in [0, 0.1) is 5.41 Å².